The van der Waals surface area contributed by atoms with E-state index in [4.69, 9.17) is 0 Å². The Morgan fingerprint density at radius 2 is 1.28 bits per heavy atom. The molecule has 1 aliphatic carbocycles. The molecule has 0 bridgehead atoms. The molecule has 0 N–H and O–H groups in total. The molecule has 1 aliphatic rings. The van der Waals surface area contributed by atoms with E-state index >= 15 is 0 Å². The lowest BCUT2D eigenvalue weighted by Crippen LogP contribution is -2.14. The van der Waals surface area contributed by atoms with Crippen LogP contribution in [0.15, 0.2) is 78.9 Å². The fourth-order valence-electron chi connectivity index (χ4n) is 6.74. The van der Waals surface area contributed by atoms with Gasteiger partial charge in [-0.2, -0.15) is 0 Å². The summed E-state index contributed by atoms with van der Waals surface area (Å²) in [6.07, 6.45) is 0. The highest BCUT2D eigenvalue weighted by Crippen LogP contribution is 2.54. The molecule has 3 heterocycles. The summed E-state index contributed by atoms with van der Waals surface area (Å²) in [5.74, 6) is 0. The third-order valence-electron chi connectivity index (χ3n) is 8.04. The Bertz CT molecular complexity index is 1910. The minimum Gasteiger partial charge on any atom is -0.344 e. The molecule has 2 heteroatoms. The summed E-state index contributed by atoms with van der Waals surface area (Å²) in [4.78, 5) is 0. The summed E-state index contributed by atoms with van der Waals surface area (Å²) in [6, 6.07) is 29.4. The third kappa shape index (κ3) is 1.63. The zero-order valence-corrected chi connectivity index (χ0v) is 18.4. The van der Waals surface area contributed by atoms with Crippen LogP contribution < -0.4 is 0 Å². The van der Waals surface area contributed by atoms with Gasteiger partial charge in [-0.1, -0.05) is 74.5 Å². The molecule has 152 valence electrons. The molecule has 0 amide bonds. The maximum absolute atomic E-state index is 2.58. The van der Waals surface area contributed by atoms with Crippen molar-refractivity contribution in [2.45, 2.75) is 19.3 Å². The van der Waals surface area contributed by atoms with Crippen LogP contribution in [0.5, 0.6) is 0 Å². The molecule has 0 radical (unpaired) electrons. The van der Waals surface area contributed by atoms with Crippen LogP contribution in [0.2, 0.25) is 0 Å². The molecule has 0 atom stereocenters. The van der Waals surface area contributed by atoms with Gasteiger partial charge in [0.05, 0.1) is 22.2 Å². The van der Waals surface area contributed by atoms with E-state index in [-0.39, 0.29) is 5.41 Å². The van der Waals surface area contributed by atoms with Gasteiger partial charge in [0.2, 0.25) is 0 Å². The van der Waals surface area contributed by atoms with E-state index in [1.165, 1.54) is 71.4 Å². The second kappa shape index (κ2) is 5.16. The van der Waals surface area contributed by atoms with Gasteiger partial charge in [0.1, 0.15) is 0 Å². The highest BCUT2D eigenvalue weighted by Gasteiger charge is 2.40. The van der Waals surface area contributed by atoms with Gasteiger partial charge in [0.25, 0.3) is 0 Å². The zero-order valence-electron chi connectivity index (χ0n) is 18.4. The van der Waals surface area contributed by atoms with Crippen molar-refractivity contribution in [3.63, 3.8) is 0 Å². The van der Waals surface area contributed by atoms with Crippen molar-refractivity contribution in [3.8, 4) is 11.3 Å². The highest BCUT2D eigenvalue weighted by atomic mass is 15.0. The number of fused-ring (bicyclic) bond motifs is 7. The molecule has 3 aromatic heterocycles. The van der Waals surface area contributed by atoms with Gasteiger partial charge < -0.3 is 8.97 Å². The number of nitrogens with zero attached hydrogens (tertiary/aromatic N) is 2. The first-order chi connectivity index (χ1) is 15.6. The van der Waals surface area contributed by atoms with Crippen LogP contribution >= 0.6 is 0 Å². The average molecular weight is 411 g/mol. The number of aryl methyl sites for hydroxylation is 1. The standard InChI is InChI=1S/C30H22N2/c1-30(2)21-13-5-4-9-19(21)29-27(30)20-12-6-11-18-17-10-7-14-22-25(17)26-23(31(22)3)15-8-16-24(26)32(29)28(18)20/h4-16H,1-3H3. The maximum atomic E-state index is 2.58. The first-order valence-electron chi connectivity index (χ1n) is 11.4. The molecule has 8 rings (SSSR count). The first kappa shape index (κ1) is 16.9. The number of benzene rings is 4. The lowest BCUT2D eigenvalue weighted by Gasteiger charge is -2.21. The SMILES string of the molecule is Cn1c2cccc3c4cccc5c6c(n(c7cccc1c7c32)c54)-c1ccccc1C6(C)C. The van der Waals surface area contributed by atoms with Crippen molar-refractivity contribution in [1.29, 1.82) is 0 Å². The van der Waals surface area contributed by atoms with Gasteiger partial charge in [0, 0.05) is 45.1 Å². The van der Waals surface area contributed by atoms with E-state index < -0.39 is 0 Å². The van der Waals surface area contributed by atoms with Crippen molar-refractivity contribution in [2.24, 2.45) is 7.05 Å². The van der Waals surface area contributed by atoms with Crippen molar-refractivity contribution in [1.82, 2.24) is 8.97 Å². The lowest BCUT2D eigenvalue weighted by molar-refractivity contribution is 0.666. The van der Waals surface area contributed by atoms with Crippen LogP contribution in [0, 0.1) is 0 Å². The number of para-hydroxylation sites is 1. The van der Waals surface area contributed by atoms with Gasteiger partial charge in [-0.15, -0.1) is 0 Å². The van der Waals surface area contributed by atoms with E-state index in [0.717, 1.165) is 0 Å². The van der Waals surface area contributed by atoms with Gasteiger partial charge in [-0.05, 0) is 34.7 Å². The predicted molar refractivity (Wildman–Crippen MR) is 135 cm³/mol. The topological polar surface area (TPSA) is 9.34 Å². The summed E-state index contributed by atoms with van der Waals surface area (Å²) in [5, 5.41) is 6.78. The molecule has 32 heavy (non-hydrogen) atoms. The fraction of sp³-hybridized carbons (Fsp3) is 0.133. The van der Waals surface area contributed by atoms with Crippen LogP contribution in [0.1, 0.15) is 25.0 Å². The zero-order chi connectivity index (χ0) is 21.4. The van der Waals surface area contributed by atoms with Gasteiger partial charge in [-0.25, -0.2) is 0 Å². The second-order valence-corrected chi connectivity index (χ2v) is 9.86. The van der Waals surface area contributed by atoms with E-state index in [2.05, 4.69) is 109 Å². The van der Waals surface area contributed by atoms with E-state index in [1.807, 2.05) is 0 Å². The number of hydrogen-bond acceptors (Lipinski definition) is 0. The Kier molecular flexibility index (Phi) is 2.72. The first-order valence-corrected chi connectivity index (χ1v) is 11.4. The third-order valence-corrected chi connectivity index (χ3v) is 8.04. The molecule has 0 aliphatic heterocycles. The summed E-state index contributed by atoms with van der Waals surface area (Å²) >= 11 is 0. The summed E-state index contributed by atoms with van der Waals surface area (Å²) < 4.78 is 4.93. The number of rotatable bonds is 0. The van der Waals surface area contributed by atoms with Crippen LogP contribution in [-0.4, -0.2) is 8.97 Å². The Balaban J connectivity index is 1.83. The largest absolute Gasteiger partial charge is 0.344 e. The van der Waals surface area contributed by atoms with Crippen LogP contribution in [0.25, 0.3) is 60.3 Å². The predicted octanol–water partition coefficient (Wildman–Crippen LogP) is 7.63. The minimum absolute atomic E-state index is 0.0350. The molecular weight excluding hydrogens is 388 g/mol. The molecule has 0 saturated carbocycles. The van der Waals surface area contributed by atoms with Crippen LogP contribution in [0.4, 0.5) is 0 Å². The summed E-state index contributed by atoms with van der Waals surface area (Å²) in [6.45, 7) is 4.77. The highest BCUT2D eigenvalue weighted by molar-refractivity contribution is 6.29. The van der Waals surface area contributed by atoms with E-state index in [1.54, 1.807) is 0 Å². The van der Waals surface area contributed by atoms with E-state index in [9.17, 15) is 0 Å². The molecule has 0 unspecified atom stereocenters. The van der Waals surface area contributed by atoms with Crippen molar-refractivity contribution in [2.75, 3.05) is 0 Å². The van der Waals surface area contributed by atoms with Crippen molar-refractivity contribution in [3.05, 3.63) is 90.0 Å². The Morgan fingerprint density at radius 3 is 2.16 bits per heavy atom. The molecule has 4 aromatic carbocycles. The molecule has 7 aromatic rings. The van der Waals surface area contributed by atoms with Crippen molar-refractivity contribution < 1.29 is 0 Å². The Morgan fingerprint density at radius 1 is 0.625 bits per heavy atom. The molecule has 2 nitrogen and oxygen atoms in total. The Hall–Kier alpha value is -3.78. The van der Waals surface area contributed by atoms with Gasteiger partial charge in [0.15, 0.2) is 0 Å². The van der Waals surface area contributed by atoms with E-state index in [0.29, 0.717) is 0 Å². The average Bonchev–Trinajstić information content (AvgIpc) is 3.36. The molecule has 0 fully saturated rings. The van der Waals surface area contributed by atoms with Crippen LogP contribution in [-0.2, 0) is 12.5 Å². The number of aromatic nitrogens is 2. The fourth-order valence-corrected chi connectivity index (χ4v) is 6.74. The minimum atomic E-state index is -0.0350. The summed E-state index contributed by atoms with van der Waals surface area (Å²) in [7, 11) is 2.19. The lowest BCUT2D eigenvalue weighted by atomic mass is 9.81. The smallest absolute Gasteiger partial charge is 0.0617 e. The monoisotopic (exact) mass is 410 g/mol. The summed E-state index contributed by atoms with van der Waals surface area (Å²) in [5.41, 5.74) is 10.8. The quantitative estimate of drug-likeness (QED) is 0.243. The molecular formula is C30H22N2. The second-order valence-electron chi connectivity index (χ2n) is 9.86. The Labute approximate surface area is 185 Å². The van der Waals surface area contributed by atoms with Gasteiger partial charge in [-0.3, -0.25) is 0 Å². The van der Waals surface area contributed by atoms with Gasteiger partial charge >= 0.3 is 0 Å². The van der Waals surface area contributed by atoms with Crippen molar-refractivity contribution >= 4 is 49.0 Å². The number of hydrogen-bond donors (Lipinski definition) is 0. The molecule has 0 spiro atoms. The maximum Gasteiger partial charge on any atom is 0.0617 e. The normalized spacial score (nSPS) is 15.0. The van der Waals surface area contributed by atoms with Crippen LogP contribution in [0.3, 0.4) is 0 Å². The molecule has 0 saturated heterocycles.